The van der Waals surface area contributed by atoms with Gasteiger partial charge in [0.05, 0.1) is 11.9 Å². The third-order valence-corrected chi connectivity index (χ3v) is 3.95. The standard InChI is InChI=1S/C15H25NO2/c1-3-16-14(12-13-8-7-11-17-13)15(18-4-2)9-5-6-10-15/h7-8,11,14,16H,3-6,9-10,12H2,1-2H3. The number of rotatable bonds is 7. The molecule has 1 N–H and O–H groups in total. The Kier molecular flexibility index (Phi) is 4.84. The normalized spacial score (nSPS) is 20.1. The van der Waals surface area contributed by atoms with Crippen molar-refractivity contribution in [2.45, 2.75) is 57.6 Å². The van der Waals surface area contributed by atoms with E-state index >= 15 is 0 Å². The topological polar surface area (TPSA) is 34.4 Å². The molecule has 1 aliphatic rings. The Bertz CT molecular complexity index is 328. The average Bonchev–Trinajstić information content (AvgIpc) is 3.01. The van der Waals surface area contributed by atoms with E-state index in [1.54, 1.807) is 6.26 Å². The van der Waals surface area contributed by atoms with Crippen molar-refractivity contribution >= 4 is 0 Å². The molecule has 0 radical (unpaired) electrons. The molecule has 102 valence electrons. The van der Waals surface area contributed by atoms with E-state index in [2.05, 4.69) is 25.2 Å². The predicted octanol–water partition coefficient (Wildman–Crippen LogP) is 3.15. The first-order chi connectivity index (χ1) is 8.80. The van der Waals surface area contributed by atoms with E-state index < -0.39 is 0 Å². The number of furan rings is 1. The second kappa shape index (κ2) is 6.39. The van der Waals surface area contributed by atoms with Gasteiger partial charge in [-0.15, -0.1) is 0 Å². The van der Waals surface area contributed by atoms with Gasteiger partial charge < -0.3 is 14.5 Å². The van der Waals surface area contributed by atoms with E-state index in [4.69, 9.17) is 9.15 Å². The maximum Gasteiger partial charge on any atom is 0.105 e. The van der Waals surface area contributed by atoms with Gasteiger partial charge in [0.15, 0.2) is 0 Å². The van der Waals surface area contributed by atoms with Crippen molar-refractivity contribution in [1.29, 1.82) is 0 Å². The van der Waals surface area contributed by atoms with E-state index in [-0.39, 0.29) is 5.60 Å². The van der Waals surface area contributed by atoms with Crippen LogP contribution in [0.15, 0.2) is 22.8 Å². The van der Waals surface area contributed by atoms with Crippen molar-refractivity contribution in [3.63, 3.8) is 0 Å². The summed E-state index contributed by atoms with van der Waals surface area (Å²) in [6.45, 7) is 6.01. The zero-order valence-corrected chi connectivity index (χ0v) is 11.6. The largest absolute Gasteiger partial charge is 0.469 e. The lowest BCUT2D eigenvalue weighted by Crippen LogP contribution is -2.52. The summed E-state index contributed by atoms with van der Waals surface area (Å²) in [5, 5.41) is 3.60. The third kappa shape index (κ3) is 2.96. The van der Waals surface area contributed by atoms with Crippen LogP contribution in [0.5, 0.6) is 0 Å². The van der Waals surface area contributed by atoms with Crippen molar-refractivity contribution in [2.75, 3.05) is 13.2 Å². The number of likely N-dealkylation sites (N-methyl/N-ethyl adjacent to an activating group) is 1. The Labute approximate surface area is 110 Å². The van der Waals surface area contributed by atoms with Crippen molar-refractivity contribution in [3.05, 3.63) is 24.2 Å². The molecule has 3 heteroatoms. The number of hydrogen-bond acceptors (Lipinski definition) is 3. The van der Waals surface area contributed by atoms with Crippen LogP contribution >= 0.6 is 0 Å². The van der Waals surface area contributed by atoms with Crippen LogP contribution in [0, 0.1) is 0 Å². The first-order valence-corrected chi connectivity index (χ1v) is 7.20. The first kappa shape index (κ1) is 13.6. The fraction of sp³-hybridized carbons (Fsp3) is 0.733. The van der Waals surface area contributed by atoms with E-state index in [1.165, 1.54) is 25.7 Å². The van der Waals surface area contributed by atoms with Gasteiger partial charge in [0.2, 0.25) is 0 Å². The number of ether oxygens (including phenoxy) is 1. The minimum atomic E-state index is 0.0115. The van der Waals surface area contributed by atoms with Crippen LogP contribution in [-0.2, 0) is 11.2 Å². The SMILES string of the molecule is CCNC(Cc1ccco1)C1(OCC)CCCC1. The number of hydrogen-bond donors (Lipinski definition) is 1. The highest BCUT2D eigenvalue weighted by Gasteiger charge is 2.42. The Morgan fingerprint density at radius 3 is 2.72 bits per heavy atom. The quantitative estimate of drug-likeness (QED) is 0.808. The fourth-order valence-corrected chi connectivity index (χ4v) is 3.17. The van der Waals surface area contributed by atoms with Crippen LogP contribution < -0.4 is 5.32 Å². The molecule has 1 saturated carbocycles. The van der Waals surface area contributed by atoms with Crippen LogP contribution in [0.3, 0.4) is 0 Å². The van der Waals surface area contributed by atoms with Crippen LogP contribution in [-0.4, -0.2) is 24.8 Å². The molecule has 1 heterocycles. The summed E-state index contributed by atoms with van der Waals surface area (Å²) < 4.78 is 11.6. The summed E-state index contributed by atoms with van der Waals surface area (Å²) in [4.78, 5) is 0. The first-order valence-electron chi connectivity index (χ1n) is 7.20. The highest BCUT2D eigenvalue weighted by atomic mass is 16.5. The van der Waals surface area contributed by atoms with Crippen LogP contribution in [0.1, 0.15) is 45.3 Å². The second-order valence-electron chi connectivity index (χ2n) is 5.10. The molecule has 0 amide bonds. The maximum atomic E-state index is 6.15. The van der Waals surface area contributed by atoms with Gasteiger partial charge in [-0.25, -0.2) is 0 Å². The lowest BCUT2D eigenvalue weighted by Gasteiger charge is -2.37. The van der Waals surface area contributed by atoms with Crippen molar-refractivity contribution in [3.8, 4) is 0 Å². The van der Waals surface area contributed by atoms with Gasteiger partial charge >= 0.3 is 0 Å². The highest BCUT2D eigenvalue weighted by Crippen LogP contribution is 2.37. The Hall–Kier alpha value is -0.800. The van der Waals surface area contributed by atoms with Gasteiger partial charge in [-0.2, -0.15) is 0 Å². The van der Waals surface area contributed by atoms with Gasteiger partial charge in [0.25, 0.3) is 0 Å². The van der Waals surface area contributed by atoms with E-state index in [0.717, 1.165) is 25.3 Å². The molecule has 1 unspecified atom stereocenters. The smallest absolute Gasteiger partial charge is 0.105 e. The van der Waals surface area contributed by atoms with Gasteiger partial charge in [-0.1, -0.05) is 19.8 Å². The zero-order valence-electron chi connectivity index (χ0n) is 11.6. The molecule has 1 aliphatic carbocycles. The third-order valence-electron chi connectivity index (χ3n) is 3.95. The molecule has 1 aromatic rings. The van der Waals surface area contributed by atoms with E-state index in [1.807, 2.05) is 6.07 Å². The molecular weight excluding hydrogens is 226 g/mol. The monoisotopic (exact) mass is 251 g/mol. The van der Waals surface area contributed by atoms with Crippen LogP contribution in [0.4, 0.5) is 0 Å². The van der Waals surface area contributed by atoms with E-state index in [9.17, 15) is 0 Å². The van der Waals surface area contributed by atoms with Crippen LogP contribution in [0.2, 0.25) is 0 Å². The van der Waals surface area contributed by atoms with Crippen molar-refractivity contribution in [2.24, 2.45) is 0 Å². The molecule has 0 aliphatic heterocycles. The lowest BCUT2D eigenvalue weighted by atomic mass is 9.88. The summed E-state index contributed by atoms with van der Waals surface area (Å²) in [5.74, 6) is 1.05. The Morgan fingerprint density at radius 1 is 1.39 bits per heavy atom. The summed E-state index contributed by atoms with van der Waals surface area (Å²) in [6, 6.07) is 4.37. The maximum absolute atomic E-state index is 6.15. The Morgan fingerprint density at radius 2 is 2.17 bits per heavy atom. The molecule has 0 bridgehead atoms. The molecule has 18 heavy (non-hydrogen) atoms. The predicted molar refractivity (Wildman–Crippen MR) is 72.7 cm³/mol. The minimum Gasteiger partial charge on any atom is -0.469 e. The molecule has 3 nitrogen and oxygen atoms in total. The summed E-state index contributed by atoms with van der Waals surface area (Å²) >= 11 is 0. The van der Waals surface area contributed by atoms with Gasteiger partial charge in [0.1, 0.15) is 5.76 Å². The molecule has 2 rings (SSSR count). The van der Waals surface area contributed by atoms with E-state index in [0.29, 0.717) is 6.04 Å². The molecule has 1 atom stereocenters. The minimum absolute atomic E-state index is 0.0115. The lowest BCUT2D eigenvalue weighted by molar-refractivity contribution is -0.0618. The van der Waals surface area contributed by atoms with Crippen molar-refractivity contribution < 1.29 is 9.15 Å². The van der Waals surface area contributed by atoms with Gasteiger partial charge in [-0.05, 0) is 38.4 Å². The van der Waals surface area contributed by atoms with Crippen LogP contribution in [0.25, 0.3) is 0 Å². The average molecular weight is 251 g/mol. The van der Waals surface area contributed by atoms with Gasteiger partial charge in [-0.3, -0.25) is 0 Å². The van der Waals surface area contributed by atoms with Crippen molar-refractivity contribution in [1.82, 2.24) is 5.32 Å². The fourth-order valence-electron chi connectivity index (χ4n) is 3.17. The summed E-state index contributed by atoms with van der Waals surface area (Å²) in [7, 11) is 0. The summed E-state index contributed by atoms with van der Waals surface area (Å²) in [5.41, 5.74) is 0.0115. The number of nitrogens with one attached hydrogen (secondary N) is 1. The highest BCUT2D eigenvalue weighted by molar-refractivity contribution is 5.06. The molecule has 1 fully saturated rings. The second-order valence-corrected chi connectivity index (χ2v) is 5.10. The molecule has 0 aromatic carbocycles. The zero-order chi connectivity index (χ0) is 12.8. The molecular formula is C15H25NO2. The molecule has 0 spiro atoms. The Balaban J connectivity index is 2.10. The molecule has 1 aromatic heterocycles. The molecule has 0 saturated heterocycles. The summed E-state index contributed by atoms with van der Waals surface area (Å²) in [6.07, 6.45) is 7.56. The van der Waals surface area contributed by atoms with Gasteiger partial charge in [0, 0.05) is 19.1 Å².